The molecule has 0 aliphatic carbocycles. The lowest BCUT2D eigenvalue weighted by atomic mass is 10.0. The van der Waals surface area contributed by atoms with Crippen molar-refractivity contribution in [3.05, 3.63) is 84.4 Å². The molecule has 0 saturated carbocycles. The largest absolute Gasteiger partial charge is 0.497 e. The van der Waals surface area contributed by atoms with Crippen LogP contribution in [-0.4, -0.2) is 40.6 Å². The van der Waals surface area contributed by atoms with Crippen LogP contribution in [0, 0.1) is 0 Å². The Hall–Kier alpha value is -3.52. The van der Waals surface area contributed by atoms with Gasteiger partial charge in [-0.05, 0) is 47.9 Å². The van der Waals surface area contributed by atoms with Crippen LogP contribution in [0.25, 0.3) is 0 Å². The fourth-order valence-electron chi connectivity index (χ4n) is 3.71. The maximum atomic E-state index is 13.5. The lowest BCUT2D eigenvalue weighted by Crippen LogP contribution is -2.51. The summed E-state index contributed by atoms with van der Waals surface area (Å²) in [5.41, 5.74) is 1.51. The van der Waals surface area contributed by atoms with Crippen molar-refractivity contribution in [1.82, 2.24) is 5.32 Å². The molecule has 33 heavy (non-hydrogen) atoms. The maximum absolute atomic E-state index is 13.5. The van der Waals surface area contributed by atoms with E-state index in [4.69, 9.17) is 9.47 Å². The number of carbonyl (C=O) groups excluding carboxylic acids is 1. The Kier molecular flexibility index (Phi) is 6.55. The number of nitrogens with zero attached hydrogens (tertiary/aromatic N) is 1. The highest BCUT2D eigenvalue weighted by atomic mass is 32.2. The molecule has 0 spiro atoms. The fraction of sp³-hybridized carbons (Fsp3) is 0.240. The van der Waals surface area contributed by atoms with Crippen molar-refractivity contribution in [3.8, 4) is 11.5 Å². The van der Waals surface area contributed by atoms with Crippen molar-refractivity contribution in [2.24, 2.45) is 0 Å². The smallest absolute Gasteiger partial charge is 0.264 e. The highest BCUT2D eigenvalue weighted by molar-refractivity contribution is 7.92. The van der Waals surface area contributed by atoms with Crippen molar-refractivity contribution in [1.29, 1.82) is 0 Å². The van der Waals surface area contributed by atoms with Gasteiger partial charge in [-0.15, -0.1) is 0 Å². The van der Waals surface area contributed by atoms with Gasteiger partial charge in [0.25, 0.3) is 15.9 Å². The third-order valence-electron chi connectivity index (χ3n) is 5.63. The molecule has 1 aliphatic rings. The average Bonchev–Trinajstić information content (AvgIpc) is 2.86. The van der Waals surface area contributed by atoms with Crippen LogP contribution >= 0.6 is 0 Å². The molecule has 0 bridgehead atoms. The Morgan fingerprint density at radius 3 is 2.42 bits per heavy atom. The maximum Gasteiger partial charge on any atom is 0.264 e. The lowest BCUT2D eigenvalue weighted by Gasteiger charge is -2.34. The number of fused-ring (bicyclic) bond motifs is 1. The minimum atomic E-state index is -3.92. The van der Waals surface area contributed by atoms with Gasteiger partial charge in [-0.2, -0.15) is 0 Å². The molecule has 172 valence electrons. The number of methoxy groups -OCH3 is 1. The SMILES string of the molecule is COc1ccc(S(=O)(=O)N2C[C@H](C(=O)NC[C@@H](C)c3ccccc3)Oc3ccccc32)cc1. The van der Waals surface area contributed by atoms with E-state index < -0.39 is 16.1 Å². The second kappa shape index (κ2) is 9.54. The standard InChI is InChI=1S/C25H26N2O5S/c1-18(19-8-4-3-5-9-19)16-26-25(28)24-17-27(22-10-6-7-11-23(22)32-24)33(29,30)21-14-12-20(31-2)13-15-21/h3-15,18,24H,16-17H2,1-2H3,(H,26,28)/t18-,24-/m1/s1. The van der Waals surface area contributed by atoms with Crippen molar-refractivity contribution < 1.29 is 22.7 Å². The zero-order chi connectivity index (χ0) is 23.4. The number of carbonyl (C=O) groups is 1. The van der Waals surface area contributed by atoms with Gasteiger partial charge in [-0.3, -0.25) is 9.10 Å². The Morgan fingerprint density at radius 1 is 1.06 bits per heavy atom. The monoisotopic (exact) mass is 466 g/mol. The highest BCUT2D eigenvalue weighted by Gasteiger charge is 2.37. The fourth-order valence-corrected chi connectivity index (χ4v) is 5.18. The van der Waals surface area contributed by atoms with Gasteiger partial charge in [0.05, 0.1) is 24.2 Å². The van der Waals surface area contributed by atoms with Crippen LogP contribution in [0.4, 0.5) is 5.69 Å². The normalized spacial score (nSPS) is 16.3. The Balaban J connectivity index is 1.55. The Bertz CT molecular complexity index is 1210. The Labute approximate surface area is 194 Å². The molecule has 4 rings (SSSR count). The zero-order valence-corrected chi connectivity index (χ0v) is 19.3. The Morgan fingerprint density at radius 2 is 1.73 bits per heavy atom. The van der Waals surface area contributed by atoms with Crippen LogP contribution < -0.4 is 19.1 Å². The summed E-state index contributed by atoms with van der Waals surface area (Å²) in [6.07, 6.45) is -0.976. The third-order valence-corrected chi connectivity index (χ3v) is 7.42. The van der Waals surface area contributed by atoms with Crippen LogP contribution in [0.3, 0.4) is 0 Å². The molecular weight excluding hydrogens is 440 g/mol. The second-order valence-electron chi connectivity index (χ2n) is 7.84. The molecule has 0 aromatic heterocycles. The van der Waals surface area contributed by atoms with Gasteiger partial charge in [0.15, 0.2) is 6.10 Å². The van der Waals surface area contributed by atoms with Crippen LogP contribution in [-0.2, 0) is 14.8 Å². The lowest BCUT2D eigenvalue weighted by molar-refractivity contribution is -0.127. The van der Waals surface area contributed by atoms with E-state index in [2.05, 4.69) is 5.32 Å². The summed E-state index contributed by atoms with van der Waals surface area (Å²) in [6.45, 7) is 2.31. The number of amides is 1. The van der Waals surface area contributed by atoms with Crippen LogP contribution in [0.1, 0.15) is 18.4 Å². The number of hydrogen-bond acceptors (Lipinski definition) is 5. The first kappa shape index (κ1) is 22.7. The molecule has 3 aromatic rings. The molecule has 0 radical (unpaired) electrons. The van der Waals surface area contributed by atoms with E-state index in [1.54, 1.807) is 36.4 Å². The van der Waals surface area contributed by atoms with Crippen molar-refractivity contribution in [2.45, 2.75) is 23.8 Å². The number of para-hydroxylation sites is 2. The summed E-state index contributed by atoms with van der Waals surface area (Å²) < 4.78 is 39.2. The van der Waals surface area contributed by atoms with Gasteiger partial charge in [0.1, 0.15) is 11.5 Å². The quantitative estimate of drug-likeness (QED) is 0.575. The van der Waals surface area contributed by atoms with Gasteiger partial charge >= 0.3 is 0 Å². The summed E-state index contributed by atoms with van der Waals surface area (Å²) in [7, 11) is -2.41. The summed E-state index contributed by atoms with van der Waals surface area (Å²) in [4.78, 5) is 13.1. The van der Waals surface area contributed by atoms with Crippen LogP contribution in [0.15, 0.2) is 83.8 Å². The van der Waals surface area contributed by atoms with E-state index in [-0.39, 0.29) is 23.3 Å². The molecule has 1 heterocycles. The van der Waals surface area contributed by atoms with Gasteiger partial charge in [0.2, 0.25) is 0 Å². The molecule has 0 unspecified atom stereocenters. The molecular formula is C25H26N2O5S. The minimum absolute atomic E-state index is 0.102. The van der Waals surface area contributed by atoms with E-state index in [1.165, 1.54) is 23.5 Å². The number of benzene rings is 3. The highest BCUT2D eigenvalue weighted by Crippen LogP contribution is 2.37. The van der Waals surface area contributed by atoms with Crippen LogP contribution in [0.5, 0.6) is 11.5 Å². The minimum Gasteiger partial charge on any atom is -0.497 e. The molecule has 0 fully saturated rings. The van der Waals surface area contributed by atoms with Crippen molar-refractivity contribution in [3.63, 3.8) is 0 Å². The summed E-state index contributed by atoms with van der Waals surface area (Å²) in [6, 6.07) is 22.8. The first-order valence-electron chi connectivity index (χ1n) is 10.7. The summed E-state index contributed by atoms with van der Waals surface area (Å²) in [5, 5.41) is 2.91. The molecule has 1 amide bonds. The molecule has 3 aromatic carbocycles. The van der Waals surface area contributed by atoms with Crippen molar-refractivity contribution in [2.75, 3.05) is 24.5 Å². The number of anilines is 1. The van der Waals surface area contributed by atoms with E-state index in [0.717, 1.165) is 5.56 Å². The van der Waals surface area contributed by atoms with Crippen LogP contribution in [0.2, 0.25) is 0 Å². The first-order chi connectivity index (χ1) is 15.9. The van der Waals surface area contributed by atoms with E-state index in [0.29, 0.717) is 23.7 Å². The van der Waals surface area contributed by atoms with Gasteiger partial charge < -0.3 is 14.8 Å². The number of rotatable bonds is 7. The second-order valence-corrected chi connectivity index (χ2v) is 9.71. The molecule has 1 aliphatic heterocycles. The van der Waals surface area contributed by atoms with Gasteiger partial charge in [-0.25, -0.2) is 8.42 Å². The number of nitrogens with one attached hydrogen (secondary N) is 1. The number of sulfonamides is 1. The van der Waals surface area contributed by atoms with E-state index in [1.807, 2.05) is 37.3 Å². The van der Waals surface area contributed by atoms with E-state index >= 15 is 0 Å². The molecule has 0 saturated heterocycles. The summed E-state index contributed by atoms with van der Waals surface area (Å²) in [5.74, 6) is 0.644. The van der Waals surface area contributed by atoms with Gasteiger partial charge in [-0.1, -0.05) is 49.4 Å². The summed E-state index contributed by atoms with van der Waals surface area (Å²) >= 11 is 0. The third kappa shape index (κ3) is 4.80. The molecule has 7 nitrogen and oxygen atoms in total. The number of hydrogen-bond donors (Lipinski definition) is 1. The molecule has 2 atom stereocenters. The first-order valence-corrected chi connectivity index (χ1v) is 12.1. The predicted octanol–water partition coefficient (Wildman–Crippen LogP) is 3.57. The molecule has 1 N–H and O–H groups in total. The van der Waals surface area contributed by atoms with Gasteiger partial charge in [0, 0.05) is 6.54 Å². The van der Waals surface area contributed by atoms with Crippen molar-refractivity contribution >= 4 is 21.6 Å². The number of ether oxygens (including phenoxy) is 2. The van der Waals surface area contributed by atoms with E-state index in [9.17, 15) is 13.2 Å². The zero-order valence-electron chi connectivity index (χ0n) is 18.5. The topological polar surface area (TPSA) is 84.9 Å². The average molecular weight is 467 g/mol. The molecule has 8 heteroatoms. The predicted molar refractivity (Wildman–Crippen MR) is 126 cm³/mol.